The number of halogens is 1. The Kier molecular flexibility index (Phi) is 2.76. The predicted octanol–water partition coefficient (Wildman–Crippen LogP) is 1.03. The van der Waals surface area contributed by atoms with Crippen LogP contribution in [-0.2, 0) is 0 Å². The van der Waals surface area contributed by atoms with Gasteiger partial charge in [-0.25, -0.2) is 0 Å². The Bertz CT molecular complexity index is 439. The van der Waals surface area contributed by atoms with Crippen LogP contribution in [0.4, 0.5) is 0 Å². The minimum absolute atomic E-state index is 0.0341. The third-order valence-electron chi connectivity index (χ3n) is 3.68. The van der Waals surface area contributed by atoms with E-state index >= 15 is 0 Å². The van der Waals surface area contributed by atoms with Crippen molar-refractivity contribution in [2.45, 2.75) is 0 Å². The SMILES string of the molecule is O=C(c1ccncc1Cl)N1CC2CNCC2C1. The van der Waals surface area contributed by atoms with Gasteiger partial charge in [-0.1, -0.05) is 11.6 Å². The summed E-state index contributed by atoms with van der Waals surface area (Å²) in [6, 6.07) is 1.69. The Labute approximate surface area is 105 Å². The van der Waals surface area contributed by atoms with E-state index in [0.717, 1.165) is 26.2 Å². The van der Waals surface area contributed by atoms with E-state index in [-0.39, 0.29) is 5.91 Å². The third kappa shape index (κ3) is 1.91. The second-order valence-electron chi connectivity index (χ2n) is 4.74. The molecule has 0 aromatic carbocycles. The minimum atomic E-state index is 0.0341. The summed E-state index contributed by atoms with van der Waals surface area (Å²) in [6.07, 6.45) is 3.13. The fourth-order valence-corrected chi connectivity index (χ4v) is 2.94. The number of nitrogens with one attached hydrogen (secondary N) is 1. The molecule has 2 aliphatic rings. The van der Waals surface area contributed by atoms with Gasteiger partial charge in [0.15, 0.2) is 0 Å². The molecule has 0 bridgehead atoms. The van der Waals surface area contributed by atoms with Gasteiger partial charge in [-0.2, -0.15) is 0 Å². The van der Waals surface area contributed by atoms with Crippen molar-refractivity contribution in [3.05, 3.63) is 29.0 Å². The smallest absolute Gasteiger partial charge is 0.255 e. The van der Waals surface area contributed by atoms with Gasteiger partial charge in [0, 0.05) is 38.6 Å². The number of carbonyl (C=O) groups excluding carboxylic acids is 1. The Balaban J connectivity index is 1.78. The normalized spacial score (nSPS) is 27.2. The maximum Gasteiger partial charge on any atom is 0.255 e. The number of amides is 1. The molecule has 3 rings (SSSR count). The lowest BCUT2D eigenvalue weighted by Gasteiger charge is -2.17. The Morgan fingerprint density at radius 2 is 2.12 bits per heavy atom. The average molecular weight is 252 g/mol. The molecule has 0 aliphatic carbocycles. The summed E-state index contributed by atoms with van der Waals surface area (Å²) in [5.74, 6) is 1.26. The summed E-state index contributed by atoms with van der Waals surface area (Å²) in [5.41, 5.74) is 0.564. The molecule has 1 aromatic heterocycles. The van der Waals surface area contributed by atoms with Crippen LogP contribution in [0.1, 0.15) is 10.4 Å². The lowest BCUT2D eigenvalue weighted by atomic mass is 10.0. The highest BCUT2D eigenvalue weighted by Gasteiger charge is 2.38. The lowest BCUT2D eigenvalue weighted by Crippen LogP contribution is -2.32. The van der Waals surface area contributed by atoms with E-state index in [1.54, 1.807) is 12.3 Å². The van der Waals surface area contributed by atoms with E-state index in [1.807, 2.05) is 4.90 Å². The van der Waals surface area contributed by atoms with Gasteiger partial charge in [0.25, 0.3) is 5.91 Å². The van der Waals surface area contributed by atoms with Crippen molar-refractivity contribution >= 4 is 17.5 Å². The highest BCUT2D eigenvalue weighted by Crippen LogP contribution is 2.28. The molecule has 5 heteroatoms. The highest BCUT2D eigenvalue weighted by molar-refractivity contribution is 6.33. The zero-order chi connectivity index (χ0) is 11.8. The van der Waals surface area contributed by atoms with Crippen molar-refractivity contribution < 1.29 is 4.79 Å². The molecule has 90 valence electrons. The second-order valence-corrected chi connectivity index (χ2v) is 5.15. The van der Waals surface area contributed by atoms with Crippen molar-refractivity contribution in [3.8, 4) is 0 Å². The largest absolute Gasteiger partial charge is 0.338 e. The Morgan fingerprint density at radius 3 is 2.76 bits per heavy atom. The molecule has 2 fully saturated rings. The third-order valence-corrected chi connectivity index (χ3v) is 3.98. The monoisotopic (exact) mass is 251 g/mol. The van der Waals surface area contributed by atoms with Crippen LogP contribution in [0.2, 0.25) is 5.02 Å². The zero-order valence-corrected chi connectivity index (χ0v) is 10.2. The van der Waals surface area contributed by atoms with Crippen molar-refractivity contribution in [2.75, 3.05) is 26.2 Å². The second kappa shape index (κ2) is 4.27. The summed E-state index contributed by atoms with van der Waals surface area (Å²) >= 11 is 6.00. The molecular weight excluding hydrogens is 238 g/mol. The molecule has 2 atom stereocenters. The minimum Gasteiger partial charge on any atom is -0.338 e. The van der Waals surface area contributed by atoms with E-state index in [4.69, 9.17) is 11.6 Å². The molecule has 4 nitrogen and oxygen atoms in total. The number of carbonyl (C=O) groups is 1. The topological polar surface area (TPSA) is 45.2 Å². The van der Waals surface area contributed by atoms with E-state index < -0.39 is 0 Å². The molecule has 1 N–H and O–H groups in total. The average Bonchev–Trinajstić information content (AvgIpc) is 2.88. The van der Waals surface area contributed by atoms with Crippen LogP contribution in [0.5, 0.6) is 0 Å². The Hall–Kier alpha value is -1.13. The number of pyridine rings is 1. The molecule has 2 aliphatic heterocycles. The number of hydrogen-bond donors (Lipinski definition) is 1. The van der Waals surface area contributed by atoms with Crippen molar-refractivity contribution in [1.82, 2.24) is 15.2 Å². The van der Waals surface area contributed by atoms with Crippen LogP contribution in [0.3, 0.4) is 0 Å². The summed E-state index contributed by atoms with van der Waals surface area (Å²) in [7, 11) is 0. The van der Waals surface area contributed by atoms with Gasteiger partial charge in [-0.05, 0) is 17.9 Å². The summed E-state index contributed by atoms with van der Waals surface area (Å²) < 4.78 is 0. The standard InChI is InChI=1S/C12H14ClN3O/c13-11-5-14-2-1-10(11)12(17)16-6-8-3-15-4-9(8)7-16/h1-2,5,8-9,15H,3-4,6-7H2. The maximum absolute atomic E-state index is 12.3. The first kappa shape index (κ1) is 11.0. The number of nitrogens with zero attached hydrogens (tertiary/aromatic N) is 2. The fraction of sp³-hybridized carbons (Fsp3) is 0.500. The van der Waals surface area contributed by atoms with Crippen LogP contribution in [0.25, 0.3) is 0 Å². The quantitative estimate of drug-likeness (QED) is 0.811. The van der Waals surface area contributed by atoms with Gasteiger partial charge in [-0.15, -0.1) is 0 Å². The van der Waals surface area contributed by atoms with E-state index in [1.165, 1.54) is 6.20 Å². The maximum atomic E-state index is 12.3. The van der Waals surface area contributed by atoms with Gasteiger partial charge < -0.3 is 10.2 Å². The molecule has 3 heterocycles. The molecule has 17 heavy (non-hydrogen) atoms. The van der Waals surface area contributed by atoms with E-state index in [2.05, 4.69) is 10.3 Å². The number of likely N-dealkylation sites (tertiary alicyclic amines) is 1. The van der Waals surface area contributed by atoms with Gasteiger partial charge >= 0.3 is 0 Å². The van der Waals surface area contributed by atoms with Gasteiger partial charge in [-0.3, -0.25) is 9.78 Å². The molecular formula is C12H14ClN3O. The first-order chi connectivity index (χ1) is 8.25. The van der Waals surface area contributed by atoms with Crippen LogP contribution in [0, 0.1) is 11.8 Å². The van der Waals surface area contributed by atoms with Crippen molar-refractivity contribution in [3.63, 3.8) is 0 Å². The van der Waals surface area contributed by atoms with Crippen LogP contribution in [0.15, 0.2) is 18.5 Å². The van der Waals surface area contributed by atoms with Crippen LogP contribution in [-0.4, -0.2) is 42.0 Å². The molecule has 2 saturated heterocycles. The van der Waals surface area contributed by atoms with Gasteiger partial charge in [0.1, 0.15) is 0 Å². The summed E-state index contributed by atoms with van der Waals surface area (Å²) in [5, 5.41) is 3.80. The molecule has 2 unspecified atom stereocenters. The number of fused-ring (bicyclic) bond motifs is 1. The summed E-state index contributed by atoms with van der Waals surface area (Å²) in [4.78, 5) is 18.1. The predicted molar refractivity (Wildman–Crippen MR) is 65.0 cm³/mol. The molecule has 1 aromatic rings. The van der Waals surface area contributed by atoms with E-state index in [0.29, 0.717) is 22.4 Å². The highest BCUT2D eigenvalue weighted by atomic mass is 35.5. The first-order valence-electron chi connectivity index (χ1n) is 5.85. The molecule has 0 saturated carbocycles. The van der Waals surface area contributed by atoms with Crippen LogP contribution >= 0.6 is 11.6 Å². The molecule has 0 radical (unpaired) electrons. The molecule has 1 amide bonds. The number of hydrogen-bond acceptors (Lipinski definition) is 3. The van der Waals surface area contributed by atoms with Crippen LogP contribution < -0.4 is 5.32 Å². The van der Waals surface area contributed by atoms with Gasteiger partial charge in [0.05, 0.1) is 10.6 Å². The number of aromatic nitrogens is 1. The van der Waals surface area contributed by atoms with Crippen molar-refractivity contribution in [1.29, 1.82) is 0 Å². The van der Waals surface area contributed by atoms with E-state index in [9.17, 15) is 4.79 Å². The van der Waals surface area contributed by atoms with Gasteiger partial charge in [0.2, 0.25) is 0 Å². The lowest BCUT2D eigenvalue weighted by molar-refractivity contribution is 0.0782. The first-order valence-corrected chi connectivity index (χ1v) is 6.23. The molecule has 0 spiro atoms. The fourth-order valence-electron chi connectivity index (χ4n) is 2.74. The Morgan fingerprint density at radius 1 is 1.41 bits per heavy atom. The summed E-state index contributed by atoms with van der Waals surface area (Å²) in [6.45, 7) is 3.74. The zero-order valence-electron chi connectivity index (χ0n) is 9.40. The van der Waals surface area contributed by atoms with Crippen molar-refractivity contribution in [2.24, 2.45) is 11.8 Å². The number of rotatable bonds is 1.